The van der Waals surface area contributed by atoms with Crippen LogP contribution in [0.3, 0.4) is 0 Å². The van der Waals surface area contributed by atoms with E-state index in [-0.39, 0.29) is 12.0 Å². The molecule has 17 heavy (non-hydrogen) atoms. The molecule has 0 amide bonds. The first-order chi connectivity index (χ1) is 7.66. The van der Waals surface area contributed by atoms with Gasteiger partial charge in [-0.2, -0.15) is 13.2 Å². The molecule has 7 heteroatoms. The minimum Gasteiger partial charge on any atom is -0.393 e. The molecule has 0 heterocycles. The molecule has 96 valence electrons. The van der Waals surface area contributed by atoms with Gasteiger partial charge >= 0.3 is 5.51 Å². The van der Waals surface area contributed by atoms with E-state index in [4.69, 9.17) is 5.11 Å². The van der Waals surface area contributed by atoms with Crippen LogP contribution in [0.15, 0.2) is 29.2 Å². The highest BCUT2D eigenvalue weighted by Crippen LogP contribution is 2.32. The van der Waals surface area contributed by atoms with Gasteiger partial charge in [0.1, 0.15) is 0 Å². The second kappa shape index (κ2) is 4.66. The Kier molecular flexibility index (Phi) is 3.83. The summed E-state index contributed by atoms with van der Waals surface area (Å²) < 4.78 is 59.7. The SMILES string of the molecule is CC(O)Cc1ccccc1S(=O)(=O)C(F)(F)F. The smallest absolute Gasteiger partial charge is 0.393 e. The number of aliphatic hydroxyl groups is 1. The fourth-order valence-electron chi connectivity index (χ4n) is 1.38. The third kappa shape index (κ3) is 2.98. The molecule has 0 aromatic heterocycles. The maximum absolute atomic E-state index is 12.4. The van der Waals surface area contributed by atoms with E-state index in [0.717, 1.165) is 6.07 Å². The Hall–Kier alpha value is -1.08. The van der Waals surface area contributed by atoms with Gasteiger partial charge in [0.05, 0.1) is 11.0 Å². The molecule has 1 N–H and O–H groups in total. The van der Waals surface area contributed by atoms with Gasteiger partial charge in [-0.1, -0.05) is 18.2 Å². The standard InChI is InChI=1S/C10H11F3O3S/c1-7(14)6-8-4-2-3-5-9(8)17(15,16)10(11,12)13/h2-5,7,14H,6H2,1H3. The van der Waals surface area contributed by atoms with Gasteiger partial charge in [0.25, 0.3) is 9.84 Å². The van der Waals surface area contributed by atoms with Crippen molar-refractivity contribution in [2.24, 2.45) is 0 Å². The van der Waals surface area contributed by atoms with E-state index in [1.165, 1.54) is 25.1 Å². The maximum atomic E-state index is 12.4. The lowest BCUT2D eigenvalue weighted by Gasteiger charge is -2.13. The van der Waals surface area contributed by atoms with Crippen LogP contribution >= 0.6 is 0 Å². The summed E-state index contributed by atoms with van der Waals surface area (Å²) in [6.07, 6.45) is -1.06. The van der Waals surface area contributed by atoms with Gasteiger partial charge in [-0.3, -0.25) is 0 Å². The zero-order chi connectivity index (χ0) is 13.3. The van der Waals surface area contributed by atoms with Crippen molar-refractivity contribution in [3.05, 3.63) is 29.8 Å². The lowest BCUT2D eigenvalue weighted by Crippen LogP contribution is -2.25. The first-order valence-corrected chi connectivity index (χ1v) is 6.22. The van der Waals surface area contributed by atoms with Crippen LogP contribution in [-0.4, -0.2) is 25.1 Å². The zero-order valence-electron chi connectivity index (χ0n) is 8.90. The molecule has 0 aliphatic carbocycles. The number of halogens is 3. The number of rotatable bonds is 3. The summed E-state index contributed by atoms with van der Waals surface area (Å²) in [6, 6.07) is 4.78. The normalized spacial score (nSPS) is 14.6. The Labute approximate surface area is 96.8 Å². The Morgan fingerprint density at radius 1 is 1.29 bits per heavy atom. The first-order valence-electron chi connectivity index (χ1n) is 4.73. The number of alkyl halides is 3. The van der Waals surface area contributed by atoms with Crippen LogP contribution < -0.4 is 0 Å². The van der Waals surface area contributed by atoms with Crippen LogP contribution in [0.25, 0.3) is 0 Å². The van der Waals surface area contributed by atoms with Crippen molar-refractivity contribution in [1.82, 2.24) is 0 Å². The second-order valence-corrected chi connectivity index (χ2v) is 5.52. The molecule has 1 unspecified atom stereocenters. The average Bonchev–Trinajstić information content (AvgIpc) is 2.15. The Bertz CT molecular complexity index is 492. The molecular weight excluding hydrogens is 257 g/mol. The fraction of sp³-hybridized carbons (Fsp3) is 0.400. The number of hydrogen-bond acceptors (Lipinski definition) is 3. The predicted octanol–water partition coefficient (Wildman–Crippen LogP) is 1.90. The number of sulfone groups is 1. The molecule has 0 fully saturated rings. The minimum atomic E-state index is -5.36. The highest BCUT2D eigenvalue weighted by Gasteiger charge is 2.47. The minimum absolute atomic E-state index is 0.0418. The Balaban J connectivity index is 3.33. The molecule has 0 aliphatic rings. The fourth-order valence-corrected chi connectivity index (χ4v) is 2.38. The molecule has 0 radical (unpaired) electrons. The molecule has 0 aliphatic heterocycles. The summed E-state index contributed by atoms with van der Waals surface area (Å²) in [7, 11) is -5.36. The first kappa shape index (κ1) is 14.0. The van der Waals surface area contributed by atoms with Crippen molar-refractivity contribution in [2.75, 3.05) is 0 Å². The summed E-state index contributed by atoms with van der Waals surface area (Å²) in [4.78, 5) is -0.798. The van der Waals surface area contributed by atoms with Crippen molar-refractivity contribution < 1.29 is 26.7 Å². The number of benzene rings is 1. The molecule has 0 saturated heterocycles. The van der Waals surface area contributed by atoms with Crippen molar-refractivity contribution in [1.29, 1.82) is 0 Å². The summed E-state index contributed by atoms with van der Waals surface area (Å²) >= 11 is 0. The van der Waals surface area contributed by atoms with Crippen molar-refractivity contribution in [3.63, 3.8) is 0 Å². The van der Waals surface area contributed by atoms with Crippen molar-refractivity contribution in [2.45, 2.75) is 29.9 Å². The lowest BCUT2D eigenvalue weighted by molar-refractivity contribution is -0.0436. The number of aliphatic hydroxyl groups excluding tert-OH is 1. The van der Waals surface area contributed by atoms with Crippen LogP contribution in [0.2, 0.25) is 0 Å². The Morgan fingerprint density at radius 3 is 2.29 bits per heavy atom. The highest BCUT2D eigenvalue weighted by molar-refractivity contribution is 7.92. The largest absolute Gasteiger partial charge is 0.501 e. The second-order valence-electron chi connectivity index (χ2n) is 3.61. The van der Waals surface area contributed by atoms with Gasteiger partial charge in [-0.05, 0) is 25.0 Å². The van der Waals surface area contributed by atoms with Crippen LogP contribution in [0, 0.1) is 0 Å². The third-order valence-corrected chi connectivity index (χ3v) is 3.67. The highest BCUT2D eigenvalue weighted by atomic mass is 32.2. The zero-order valence-corrected chi connectivity index (χ0v) is 9.72. The number of hydrogen-bond donors (Lipinski definition) is 1. The van der Waals surface area contributed by atoms with Crippen LogP contribution in [0.5, 0.6) is 0 Å². The van der Waals surface area contributed by atoms with Crippen LogP contribution in [0.1, 0.15) is 12.5 Å². The third-order valence-electron chi connectivity index (χ3n) is 2.08. The molecule has 0 spiro atoms. The van der Waals surface area contributed by atoms with E-state index >= 15 is 0 Å². The van der Waals surface area contributed by atoms with E-state index in [9.17, 15) is 21.6 Å². The summed E-state index contributed by atoms with van der Waals surface area (Å²) in [5, 5.41) is 9.12. The summed E-state index contributed by atoms with van der Waals surface area (Å²) in [6.45, 7) is 1.37. The molecule has 1 aromatic carbocycles. The van der Waals surface area contributed by atoms with Gasteiger partial charge in [0.2, 0.25) is 0 Å². The molecular formula is C10H11F3O3S. The van der Waals surface area contributed by atoms with Gasteiger partial charge in [-0.15, -0.1) is 0 Å². The monoisotopic (exact) mass is 268 g/mol. The summed E-state index contributed by atoms with van der Waals surface area (Å²) in [5.41, 5.74) is -5.37. The van der Waals surface area contributed by atoms with Gasteiger partial charge < -0.3 is 5.11 Å². The molecule has 1 aromatic rings. The van der Waals surface area contributed by atoms with E-state index in [2.05, 4.69) is 0 Å². The molecule has 3 nitrogen and oxygen atoms in total. The quantitative estimate of drug-likeness (QED) is 0.911. The molecule has 0 saturated carbocycles. The van der Waals surface area contributed by atoms with Crippen LogP contribution in [0.4, 0.5) is 13.2 Å². The van der Waals surface area contributed by atoms with Crippen LogP contribution in [-0.2, 0) is 16.3 Å². The van der Waals surface area contributed by atoms with E-state index < -0.39 is 26.3 Å². The predicted molar refractivity (Wildman–Crippen MR) is 55.1 cm³/mol. The van der Waals surface area contributed by atoms with Crippen molar-refractivity contribution in [3.8, 4) is 0 Å². The summed E-state index contributed by atoms with van der Waals surface area (Å²) in [5.74, 6) is 0. The van der Waals surface area contributed by atoms with E-state index in [0.29, 0.717) is 0 Å². The van der Waals surface area contributed by atoms with Gasteiger partial charge in [-0.25, -0.2) is 8.42 Å². The van der Waals surface area contributed by atoms with E-state index in [1.807, 2.05) is 0 Å². The van der Waals surface area contributed by atoms with Gasteiger partial charge in [0, 0.05) is 0 Å². The van der Waals surface area contributed by atoms with E-state index in [1.54, 1.807) is 0 Å². The molecule has 0 bridgehead atoms. The topological polar surface area (TPSA) is 54.4 Å². The maximum Gasteiger partial charge on any atom is 0.501 e. The van der Waals surface area contributed by atoms with Gasteiger partial charge in [0.15, 0.2) is 0 Å². The Morgan fingerprint density at radius 2 is 1.82 bits per heavy atom. The molecule has 1 rings (SSSR count). The molecule has 1 atom stereocenters. The average molecular weight is 268 g/mol. The lowest BCUT2D eigenvalue weighted by atomic mass is 10.1. The van der Waals surface area contributed by atoms with Crippen molar-refractivity contribution >= 4 is 9.84 Å².